The Balaban J connectivity index is 3.36. The molecule has 1 rings (SSSR count). The Morgan fingerprint density at radius 3 is 1.65 bits per heavy atom. The Labute approximate surface area is 117 Å². The van der Waals surface area contributed by atoms with Crippen molar-refractivity contribution in [3.63, 3.8) is 0 Å². The Hall–Kier alpha value is -2.17. The Bertz CT molecular complexity index is 520. The molecule has 0 spiro atoms. The van der Waals surface area contributed by atoms with Gasteiger partial charge in [-0.25, -0.2) is 0 Å². The molecular weight excluding hydrogens is 260 g/mol. The fourth-order valence-corrected chi connectivity index (χ4v) is 1.66. The zero-order valence-corrected chi connectivity index (χ0v) is 12.3. The summed E-state index contributed by atoms with van der Waals surface area (Å²) in [5.41, 5.74) is 0.841. The Morgan fingerprint density at radius 1 is 0.950 bits per heavy atom. The molecule has 0 N–H and O–H groups in total. The van der Waals surface area contributed by atoms with Gasteiger partial charge < -0.3 is 9.47 Å². The van der Waals surface area contributed by atoms with Crippen molar-refractivity contribution in [2.45, 2.75) is 34.6 Å². The molecule has 1 aromatic rings. The van der Waals surface area contributed by atoms with E-state index in [-0.39, 0.29) is 23.2 Å². The molecule has 0 saturated carbocycles. The van der Waals surface area contributed by atoms with E-state index in [2.05, 4.69) is 0 Å². The monoisotopic (exact) mass is 278 g/mol. The second-order valence-electron chi connectivity index (χ2n) is 4.80. The fourth-order valence-electron chi connectivity index (χ4n) is 1.66. The molecular formula is C15H18O5. The van der Waals surface area contributed by atoms with Gasteiger partial charge in [-0.05, 0) is 19.1 Å². The maximum absolute atomic E-state index is 12.1. The summed E-state index contributed by atoms with van der Waals surface area (Å²) in [5, 5.41) is 0. The zero-order chi connectivity index (χ0) is 15.4. The van der Waals surface area contributed by atoms with Gasteiger partial charge in [-0.2, -0.15) is 0 Å². The van der Waals surface area contributed by atoms with Gasteiger partial charge in [-0.15, -0.1) is 0 Å². The number of ketones is 1. The van der Waals surface area contributed by atoms with Crippen LogP contribution in [0.25, 0.3) is 0 Å². The first-order valence-corrected chi connectivity index (χ1v) is 6.28. The summed E-state index contributed by atoms with van der Waals surface area (Å²) >= 11 is 0. The van der Waals surface area contributed by atoms with Gasteiger partial charge in [-0.1, -0.05) is 13.8 Å². The zero-order valence-electron chi connectivity index (χ0n) is 12.3. The average molecular weight is 278 g/mol. The standard InChI is InChI=1S/C15H18O5/c1-8(2)15(18)12-6-13(19-10(4)16)9(3)14(7-12)20-11(5)17/h6-8H,1-5H3. The summed E-state index contributed by atoms with van der Waals surface area (Å²) in [6.45, 7) is 7.71. The van der Waals surface area contributed by atoms with Gasteiger partial charge >= 0.3 is 11.9 Å². The predicted octanol–water partition coefficient (Wildman–Crippen LogP) is 2.68. The van der Waals surface area contributed by atoms with E-state index in [1.54, 1.807) is 20.8 Å². The third-order valence-electron chi connectivity index (χ3n) is 2.63. The van der Waals surface area contributed by atoms with E-state index < -0.39 is 11.9 Å². The lowest BCUT2D eigenvalue weighted by Gasteiger charge is -2.13. The van der Waals surface area contributed by atoms with Crippen molar-refractivity contribution < 1.29 is 23.9 Å². The molecule has 108 valence electrons. The highest BCUT2D eigenvalue weighted by molar-refractivity contribution is 5.98. The normalized spacial score (nSPS) is 10.3. The number of Topliss-reactive ketones (excluding diaryl/α,β-unsaturated/α-hetero) is 1. The van der Waals surface area contributed by atoms with Gasteiger partial charge in [0.2, 0.25) is 0 Å². The van der Waals surface area contributed by atoms with Gasteiger partial charge in [0, 0.05) is 30.9 Å². The van der Waals surface area contributed by atoms with Crippen LogP contribution in [-0.2, 0) is 9.59 Å². The lowest BCUT2D eigenvalue weighted by molar-refractivity contribution is -0.132. The van der Waals surface area contributed by atoms with Gasteiger partial charge in [0.25, 0.3) is 0 Å². The van der Waals surface area contributed by atoms with Crippen molar-refractivity contribution in [3.8, 4) is 11.5 Å². The van der Waals surface area contributed by atoms with Crippen molar-refractivity contribution >= 4 is 17.7 Å². The third-order valence-corrected chi connectivity index (χ3v) is 2.63. The number of hydrogen-bond acceptors (Lipinski definition) is 5. The lowest BCUT2D eigenvalue weighted by atomic mass is 9.99. The first-order chi connectivity index (χ1) is 9.22. The minimum Gasteiger partial charge on any atom is -0.426 e. The second kappa shape index (κ2) is 6.32. The summed E-state index contributed by atoms with van der Waals surface area (Å²) in [7, 11) is 0. The summed E-state index contributed by atoms with van der Waals surface area (Å²) in [5.74, 6) is -0.896. The molecule has 0 aliphatic rings. The molecule has 0 fully saturated rings. The molecule has 0 bridgehead atoms. The molecule has 0 heterocycles. The average Bonchev–Trinajstić information content (AvgIpc) is 2.31. The summed E-state index contributed by atoms with van der Waals surface area (Å²) in [6.07, 6.45) is 0. The van der Waals surface area contributed by atoms with Gasteiger partial charge in [0.1, 0.15) is 11.5 Å². The number of hydrogen-bond donors (Lipinski definition) is 0. The van der Waals surface area contributed by atoms with E-state index >= 15 is 0 Å². The topological polar surface area (TPSA) is 69.7 Å². The smallest absolute Gasteiger partial charge is 0.308 e. The first-order valence-electron chi connectivity index (χ1n) is 6.28. The predicted molar refractivity (Wildman–Crippen MR) is 73.0 cm³/mol. The van der Waals surface area contributed by atoms with Crippen LogP contribution in [0.1, 0.15) is 43.6 Å². The van der Waals surface area contributed by atoms with Gasteiger partial charge in [0.05, 0.1) is 0 Å². The number of rotatable bonds is 4. The molecule has 5 heteroatoms. The molecule has 0 unspecified atom stereocenters. The minimum atomic E-state index is -0.504. The van der Waals surface area contributed by atoms with Crippen LogP contribution >= 0.6 is 0 Å². The molecule has 5 nitrogen and oxygen atoms in total. The lowest BCUT2D eigenvalue weighted by Crippen LogP contribution is -2.12. The number of esters is 2. The second-order valence-corrected chi connectivity index (χ2v) is 4.80. The molecule has 0 amide bonds. The van der Waals surface area contributed by atoms with Crippen LogP contribution in [0, 0.1) is 12.8 Å². The molecule has 0 radical (unpaired) electrons. The SMILES string of the molecule is CC(=O)Oc1cc(C(=O)C(C)C)cc(OC(C)=O)c1C. The van der Waals surface area contributed by atoms with E-state index in [0.717, 1.165) is 0 Å². The van der Waals surface area contributed by atoms with E-state index in [9.17, 15) is 14.4 Å². The van der Waals surface area contributed by atoms with E-state index in [0.29, 0.717) is 11.1 Å². The third kappa shape index (κ3) is 3.91. The van der Waals surface area contributed by atoms with Crippen molar-refractivity contribution in [1.82, 2.24) is 0 Å². The van der Waals surface area contributed by atoms with Crippen LogP contribution in [0.15, 0.2) is 12.1 Å². The van der Waals surface area contributed by atoms with Crippen LogP contribution in [0.4, 0.5) is 0 Å². The highest BCUT2D eigenvalue weighted by atomic mass is 16.5. The Kier molecular flexibility index (Phi) is 5.02. The van der Waals surface area contributed by atoms with Crippen LogP contribution in [-0.4, -0.2) is 17.7 Å². The molecule has 0 aliphatic heterocycles. The maximum Gasteiger partial charge on any atom is 0.308 e. The molecule has 0 atom stereocenters. The van der Waals surface area contributed by atoms with Crippen LogP contribution < -0.4 is 9.47 Å². The first kappa shape index (κ1) is 15.9. The minimum absolute atomic E-state index is 0.119. The van der Waals surface area contributed by atoms with E-state index in [4.69, 9.17) is 9.47 Å². The van der Waals surface area contributed by atoms with Crippen molar-refractivity contribution in [2.24, 2.45) is 5.92 Å². The quantitative estimate of drug-likeness (QED) is 0.481. The molecule has 0 aliphatic carbocycles. The summed E-state index contributed by atoms with van der Waals surface area (Å²) in [4.78, 5) is 34.2. The van der Waals surface area contributed by atoms with Crippen LogP contribution in [0.5, 0.6) is 11.5 Å². The van der Waals surface area contributed by atoms with Crippen molar-refractivity contribution in [1.29, 1.82) is 0 Å². The maximum atomic E-state index is 12.1. The highest BCUT2D eigenvalue weighted by Crippen LogP contribution is 2.31. The highest BCUT2D eigenvalue weighted by Gasteiger charge is 2.18. The number of benzene rings is 1. The van der Waals surface area contributed by atoms with Gasteiger partial charge in [-0.3, -0.25) is 14.4 Å². The Morgan fingerprint density at radius 2 is 1.35 bits per heavy atom. The number of carbonyl (C=O) groups is 3. The molecule has 1 aromatic carbocycles. The molecule has 20 heavy (non-hydrogen) atoms. The molecule has 0 saturated heterocycles. The van der Waals surface area contributed by atoms with Crippen molar-refractivity contribution in [3.05, 3.63) is 23.3 Å². The van der Waals surface area contributed by atoms with E-state index in [1.807, 2.05) is 0 Å². The fraction of sp³-hybridized carbons (Fsp3) is 0.400. The van der Waals surface area contributed by atoms with Gasteiger partial charge in [0.15, 0.2) is 5.78 Å². The molecule has 0 aromatic heterocycles. The number of ether oxygens (including phenoxy) is 2. The van der Waals surface area contributed by atoms with Crippen molar-refractivity contribution in [2.75, 3.05) is 0 Å². The van der Waals surface area contributed by atoms with Crippen LogP contribution in [0.3, 0.4) is 0 Å². The summed E-state index contributed by atoms with van der Waals surface area (Å²) in [6, 6.07) is 2.98. The number of carbonyl (C=O) groups excluding carboxylic acids is 3. The van der Waals surface area contributed by atoms with E-state index in [1.165, 1.54) is 26.0 Å². The van der Waals surface area contributed by atoms with Crippen LogP contribution in [0.2, 0.25) is 0 Å². The summed E-state index contributed by atoms with van der Waals surface area (Å²) < 4.78 is 10.1. The largest absolute Gasteiger partial charge is 0.426 e.